The van der Waals surface area contributed by atoms with Crippen LogP contribution in [0, 0.1) is 6.92 Å². The summed E-state index contributed by atoms with van der Waals surface area (Å²) >= 11 is 0. The van der Waals surface area contributed by atoms with Crippen LogP contribution in [0.1, 0.15) is 58.2 Å². The molecule has 0 bridgehead atoms. The molecule has 0 unspecified atom stereocenters. The van der Waals surface area contributed by atoms with Gasteiger partial charge in [-0.05, 0) is 66.4 Å². The third-order valence-electron chi connectivity index (χ3n) is 7.81. The van der Waals surface area contributed by atoms with Crippen LogP contribution in [-0.2, 0) is 0 Å². The Morgan fingerprint density at radius 1 is 0.622 bits per heavy atom. The molecule has 0 saturated heterocycles. The molecule has 0 radical (unpaired) electrons. The molecule has 0 N–H and O–H groups in total. The highest BCUT2D eigenvalue weighted by molar-refractivity contribution is 6.75. The Morgan fingerprint density at radius 3 is 1.49 bits per heavy atom. The summed E-state index contributed by atoms with van der Waals surface area (Å²) in [6, 6.07) is 8.11. The van der Waals surface area contributed by atoms with Crippen molar-refractivity contribution in [3.8, 4) is 28.7 Å². The largest absolute Gasteiger partial charge is 0.541 e. The van der Waals surface area contributed by atoms with Crippen LogP contribution in [0.25, 0.3) is 12.2 Å². The molecule has 0 fully saturated rings. The van der Waals surface area contributed by atoms with Gasteiger partial charge in [0.2, 0.25) is 5.75 Å². The van der Waals surface area contributed by atoms with Crippen molar-refractivity contribution in [3.05, 3.63) is 41.0 Å². The van der Waals surface area contributed by atoms with Crippen LogP contribution in [-0.4, -0.2) is 38.0 Å². The number of aryl methyl sites for hydroxylation is 1. The lowest BCUT2D eigenvalue weighted by molar-refractivity contribution is 0.324. The topological polar surface area (TPSA) is 46.2 Å². The van der Waals surface area contributed by atoms with E-state index >= 15 is 0 Å². The van der Waals surface area contributed by atoms with Crippen molar-refractivity contribution in [1.82, 2.24) is 0 Å². The zero-order valence-electron chi connectivity index (χ0n) is 25.5. The highest BCUT2D eigenvalue weighted by atomic mass is 28.4. The average molecular weight is 545 g/mol. The average Bonchev–Trinajstić information content (AvgIpc) is 2.78. The van der Waals surface area contributed by atoms with Crippen LogP contribution in [0.2, 0.25) is 36.3 Å². The van der Waals surface area contributed by atoms with Gasteiger partial charge in [-0.3, -0.25) is 0 Å². The quantitative estimate of drug-likeness (QED) is 0.233. The summed E-state index contributed by atoms with van der Waals surface area (Å²) in [5, 5.41) is 0.110. The van der Waals surface area contributed by atoms with Crippen LogP contribution in [0.4, 0.5) is 0 Å². The molecule has 2 aromatic carbocycles. The summed E-state index contributed by atoms with van der Waals surface area (Å²) in [4.78, 5) is 0. The molecule has 37 heavy (non-hydrogen) atoms. The summed E-state index contributed by atoms with van der Waals surface area (Å²) in [6.07, 6.45) is 4.13. The van der Waals surface area contributed by atoms with E-state index in [-0.39, 0.29) is 10.1 Å². The highest BCUT2D eigenvalue weighted by Crippen LogP contribution is 2.47. The van der Waals surface area contributed by atoms with E-state index in [9.17, 15) is 0 Å². The van der Waals surface area contributed by atoms with Crippen molar-refractivity contribution < 1.29 is 23.1 Å². The summed E-state index contributed by atoms with van der Waals surface area (Å²) < 4.78 is 30.5. The van der Waals surface area contributed by atoms with Gasteiger partial charge >= 0.3 is 0 Å². The molecule has 5 nitrogen and oxygen atoms in total. The predicted octanol–water partition coefficient (Wildman–Crippen LogP) is 8.96. The van der Waals surface area contributed by atoms with E-state index in [1.54, 1.807) is 21.3 Å². The molecule has 2 aromatic rings. The SMILES string of the molecule is COc1cc(/C=C\c2ccc(C)c(O[Si](C)(C)C(C)(C)C)c2O[Si](C)(C)C(C)(C)C)cc(OC)c1OC. The maximum atomic E-state index is 7.00. The Hall–Kier alpha value is -2.39. The summed E-state index contributed by atoms with van der Waals surface area (Å²) in [6.45, 7) is 24.8. The number of methoxy groups -OCH3 is 3. The molecular weight excluding hydrogens is 496 g/mol. The lowest BCUT2D eigenvalue weighted by atomic mass is 10.1. The smallest absolute Gasteiger partial charge is 0.250 e. The first-order valence-corrected chi connectivity index (χ1v) is 18.7. The van der Waals surface area contributed by atoms with Crippen molar-refractivity contribution in [2.75, 3.05) is 21.3 Å². The van der Waals surface area contributed by atoms with Gasteiger partial charge in [0, 0.05) is 5.56 Å². The second-order valence-electron chi connectivity index (χ2n) is 12.6. The zero-order chi connectivity index (χ0) is 28.4. The second kappa shape index (κ2) is 11.2. The predicted molar refractivity (Wildman–Crippen MR) is 162 cm³/mol. The van der Waals surface area contributed by atoms with Crippen LogP contribution in [0.3, 0.4) is 0 Å². The Kier molecular flexibility index (Phi) is 9.30. The molecule has 0 aliphatic heterocycles. The first-order chi connectivity index (χ1) is 16.9. The van der Waals surface area contributed by atoms with Crippen LogP contribution in [0.5, 0.6) is 28.7 Å². The Morgan fingerprint density at radius 2 is 1.08 bits per heavy atom. The van der Waals surface area contributed by atoms with Crippen molar-refractivity contribution in [2.24, 2.45) is 0 Å². The van der Waals surface area contributed by atoms with Gasteiger partial charge < -0.3 is 23.1 Å². The molecule has 7 heteroatoms. The van der Waals surface area contributed by atoms with Gasteiger partial charge in [-0.15, -0.1) is 0 Å². The van der Waals surface area contributed by atoms with Crippen molar-refractivity contribution >= 4 is 28.8 Å². The minimum atomic E-state index is -2.16. The van der Waals surface area contributed by atoms with Gasteiger partial charge in [0.15, 0.2) is 17.2 Å². The molecule has 2 rings (SSSR count). The maximum absolute atomic E-state index is 7.00. The fraction of sp³-hybridized carbons (Fsp3) is 0.533. The fourth-order valence-corrected chi connectivity index (χ4v) is 5.34. The number of hydrogen-bond acceptors (Lipinski definition) is 5. The van der Waals surface area contributed by atoms with Crippen LogP contribution < -0.4 is 23.1 Å². The molecule has 0 aliphatic rings. The van der Waals surface area contributed by atoms with E-state index in [4.69, 9.17) is 23.1 Å². The molecule has 0 saturated carbocycles. The number of ether oxygens (including phenoxy) is 3. The van der Waals surface area contributed by atoms with Gasteiger partial charge in [0.25, 0.3) is 16.6 Å². The molecule has 206 valence electrons. The fourth-order valence-electron chi connectivity index (χ4n) is 3.24. The minimum absolute atomic E-state index is 0.0443. The first kappa shape index (κ1) is 30.8. The molecule has 0 amide bonds. The normalized spacial score (nSPS) is 13.0. The molecule has 0 heterocycles. The van der Waals surface area contributed by atoms with Gasteiger partial charge in [-0.1, -0.05) is 65.8 Å². The molecule has 0 atom stereocenters. The summed E-state index contributed by atoms with van der Waals surface area (Å²) in [5.41, 5.74) is 3.00. The molecular formula is C30H48O5Si2. The number of rotatable bonds is 9. The molecule has 0 aliphatic carbocycles. The second-order valence-corrected chi connectivity index (χ2v) is 22.1. The highest BCUT2D eigenvalue weighted by Gasteiger charge is 2.42. The number of benzene rings is 2. The lowest BCUT2D eigenvalue weighted by Crippen LogP contribution is -2.46. The Labute approximate surface area is 227 Å². The van der Waals surface area contributed by atoms with E-state index in [1.165, 1.54) is 0 Å². The van der Waals surface area contributed by atoms with Crippen LogP contribution >= 0.6 is 0 Å². The van der Waals surface area contributed by atoms with Gasteiger partial charge in [0.1, 0.15) is 5.75 Å². The standard InChI is InChI=1S/C30H48O5Si2/c1-21-15-17-23(18-16-22-19-24(31-8)28(33-10)25(20-22)32-9)27(35-37(13,14)30(5,6)7)26(21)34-36(11,12)29(2,3)4/h15-20H,1-14H3/b18-16-. The third kappa shape index (κ3) is 6.93. The van der Waals surface area contributed by atoms with Crippen molar-refractivity contribution in [1.29, 1.82) is 0 Å². The lowest BCUT2D eigenvalue weighted by Gasteiger charge is -2.40. The van der Waals surface area contributed by atoms with Crippen molar-refractivity contribution in [3.63, 3.8) is 0 Å². The van der Waals surface area contributed by atoms with E-state index in [0.717, 1.165) is 28.2 Å². The van der Waals surface area contributed by atoms with E-state index in [1.807, 2.05) is 18.2 Å². The molecule has 0 aromatic heterocycles. The Bertz CT molecular complexity index is 1100. The minimum Gasteiger partial charge on any atom is -0.541 e. The van der Waals surface area contributed by atoms with E-state index in [0.29, 0.717) is 17.2 Å². The monoisotopic (exact) mass is 544 g/mol. The Balaban J connectivity index is 2.72. The maximum Gasteiger partial charge on any atom is 0.250 e. The van der Waals surface area contributed by atoms with E-state index in [2.05, 4.69) is 92.9 Å². The molecule has 0 spiro atoms. The first-order valence-electron chi connectivity index (χ1n) is 12.9. The number of hydrogen-bond donors (Lipinski definition) is 0. The van der Waals surface area contributed by atoms with Crippen LogP contribution in [0.15, 0.2) is 24.3 Å². The van der Waals surface area contributed by atoms with Gasteiger partial charge in [-0.2, -0.15) is 0 Å². The van der Waals surface area contributed by atoms with Gasteiger partial charge in [0.05, 0.1) is 21.3 Å². The summed E-state index contributed by atoms with van der Waals surface area (Å²) in [5.74, 6) is 3.50. The third-order valence-corrected chi connectivity index (χ3v) is 16.5. The van der Waals surface area contributed by atoms with Gasteiger partial charge in [-0.25, -0.2) is 0 Å². The van der Waals surface area contributed by atoms with Crippen molar-refractivity contribution in [2.45, 2.75) is 84.7 Å². The zero-order valence-corrected chi connectivity index (χ0v) is 27.5. The summed E-state index contributed by atoms with van der Waals surface area (Å²) in [7, 11) is 0.590. The van der Waals surface area contributed by atoms with E-state index < -0.39 is 16.6 Å².